The minimum atomic E-state index is -0.734. The molecule has 1 fully saturated rings. The number of benzene rings is 1. The lowest BCUT2D eigenvalue weighted by molar-refractivity contribution is -0.143. The minimum Gasteiger partial charge on any atom is -0.481 e. The Balaban J connectivity index is 2.18. The van der Waals surface area contributed by atoms with Crippen LogP contribution in [0.1, 0.15) is 37.7 Å². The first-order valence-electron chi connectivity index (χ1n) is 6.74. The van der Waals surface area contributed by atoms with Gasteiger partial charge in [-0.05, 0) is 48.9 Å². The normalized spacial score (nSPS) is 23.9. The van der Waals surface area contributed by atoms with Crippen molar-refractivity contribution in [2.75, 3.05) is 0 Å². The van der Waals surface area contributed by atoms with E-state index >= 15 is 0 Å². The van der Waals surface area contributed by atoms with Crippen molar-refractivity contribution < 1.29 is 14.3 Å². The van der Waals surface area contributed by atoms with Crippen molar-refractivity contribution in [2.24, 2.45) is 11.8 Å². The van der Waals surface area contributed by atoms with Crippen LogP contribution in [0.5, 0.6) is 0 Å². The molecule has 4 heteroatoms. The maximum absolute atomic E-state index is 13.8. The van der Waals surface area contributed by atoms with Gasteiger partial charge in [0, 0.05) is 4.47 Å². The predicted octanol–water partition coefficient (Wildman–Crippen LogP) is 4.41. The van der Waals surface area contributed by atoms with E-state index in [-0.39, 0.29) is 17.7 Å². The monoisotopic (exact) mass is 328 g/mol. The lowest BCUT2D eigenvalue weighted by Crippen LogP contribution is -2.24. The Bertz CT molecular complexity index is 461. The Morgan fingerprint density at radius 3 is 2.79 bits per heavy atom. The highest BCUT2D eigenvalue weighted by Crippen LogP contribution is 2.32. The number of carboxylic acid groups (broad SMARTS) is 1. The summed E-state index contributed by atoms with van der Waals surface area (Å²) in [5, 5.41) is 9.33. The number of hydrogen-bond acceptors (Lipinski definition) is 1. The maximum atomic E-state index is 13.8. The zero-order valence-corrected chi connectivity index (χ0v) is 12.3. The summed E-state index contributed by atoms with van der Waals surface area (Å²) in [6, 6.07) is 4.87. The summed E-state index contributed by atoms with van der Waals surface area (Å²) in [4.78, 5) is 11.4. The zero-order valence-electron chi connectivity index (χ0n) is 10.7. The summed E-state index contributed by atoms with van der Waals surface area (Å²) in [6.45, 7) is 0. The fraction of sp³-hybridized carbons (Fsp3) is 0.533. The van der Waals surface area contributed by atoms with E-state index in [0.29, 0.717) is 12.0 Å². The first-order valence-corrected chi connectivity index (χ1v) is 7.54. The standard InChI is InChI=1S/C15H18BrFO2/c16-12-6-7-14(17)11(9-12)8-10-4-2-1-3-5-13(10)15(18)19/h6-7,9-10,13H,1-5,8H2,(H,18,19). The molecule has 2 nitrogen and oxygen atoms in total. The van der Waals surface area contributed by atoms with Gasteiger partial charge in [0.15, 0.2) is 0 Å². The topological polar surface area (TPSA) is 37.3 Å². The lowest BCUT2D eigenvalue weighted by atomic mass is 9.83. The largest absolute Gasteiger partial charge is 0.481 e. The van der Waals surface area contributed by atoms with Crippen molar-refractivity contribution in [3.8, 4) is 0 Å². The van der Waals surface area contributed by atoms with Crippen LogP contribution in [0, 0.1) is 17.7 Å². The summed E-state index contributed by atoms with van der Waals surface area (Å²) < 4.78 is 14.6. The van der Waals surface area contributed by atoms with Gasteiger partial charge in [-0.15, -0.1) is 0 Å². The van der Waals surface area contributed by atoms with Crippen molar-refractivity contribution >= 4 is 21.9 Å². The molecule has 0 aliphatic heterocycles. The molecule has 0 aromatic heterocycles. The molecule has 0 bridgehead atoms. The highest BCUT2D eigenvalue weighted by Gasteiger charge is 2.30. The van der Waals surface area contributed by atoms with Crippen LogP contribution in [-0.2, 0) is 11.2 Å². The molecule has 1 aromatic rings. The van der Waals surface area contributed by atoms with Crippen molar-refractivity contribution in [1.29, 1.82) is 0 Å². The van der Waals surface area contributed by atoms with Crippen molar-refractivity contribution in [3.63, 3.8) is 0 Å². The SMILES string of the molecule is O=C(O)C1CCCCCC1Cc1cc(Br)ccc1F. The molecule has 104 valence electrons. The molecule has 1 N–H and O–H groups in total. The van der Waals surface area contributed by atoms with E-state index in [1.807, 2.05) is 0 Å². The van der Waals surface area contributed by atoms with Crippen LogP contribution >= 0.6 is 15.9 Å². The Hall–Kier alpha value is -0.900. The highest BCUT2D eigenvalue weighted by atomic mass is 79.9. The van der Waals surface area contributed by atoms with E-state index < -0.39 is 5.97 Å². The number of carboxylic acids is 1. The molecule has 0 saturated heterocycles. The quantitative estimate of drug-likeness (QED) is 0.834. The smallest absolute Gasteiger partial charge is 0.306 e. The molecule has 1 aliphatic rings. The van der Waals surface area contributed by atoms with Crippen LogP contribution in [0.4, 0.5) is 4.39 Å². The average Bonchev–Trinajstić information content (AvgIpc) is 2.59. The maximum Gasteiger partial charge on any atom is 0.306 e. The fourth-order valence-electron chi connectivity index (χ4n) is 2.94. The molecule has 19 heavy (non-hydrogen) atoms. The van der Waals surface area contributed by atoms with Gasteiger partial charge in [-0.2, -0.15) is 0 Å². The number of rotatable bonds is 3. The van der Waals surface area contributed by atoms with Gasteiger partial charge in [0.05, 0.1) is 5.92 Å². The van der Waals surface area contributed by atoms with Crippen molar-refractivity contribution in [3.05, 3.63) is 34.1 Å². The number of aliphatic carboxylic acids is 1. The third-order valence-corrected chi connectivity index (χ3v) is 4.46. The van der Waals surface area contributed by atoms with E-state index in [9.17, 15) is 14.3 Å². The Labute approximate surface area is 121 Å². The van der Waals surface area contributed by atoms with E-state index in [4.69, 9.17) is 0 Å². The summed E-state index contributed by atoms with van der Waals surface area (Å²) in [5.74, 6) is -1.26. The highest BCUT2D eigenvalue weighted by molar-refractivity contribution is 9.10. The first-order chi connectivity index (χ1) is 9.08. The molecule has 2 unspecified atom stereocenters. The molecule has 0 spiro atoms. The van der Waals surface area contributed by atoms with Crippen LogP contribution in [0.2, 0.25) is 0 Å². The van der Waals surface area contributed by atoms with E-state index in [1.54, 1.807) is 12.1 Å². The molecule has 2 atom stereocenters. The van der Waals surface area contributed by atoms with Gasteiger partial charge in [0.25, 0.3) is 0 Å². The van der Waals surface area contributed by atoms with Crippen LogP contribution < -0.4 is 0 Å². The summed E-state index contributed by atoms with van der Waals surface area (Å²) in [6.07, 6.45) is 5.21. The molecule has 2 rings (SSSR count). The Morgan fingerprint density at radius 1 is 1.32 bits per heavy atom. The molecular weight excluding hydrogens is 311 g/mol. The van der Waals surface area contributed by atoms with Crippen LogP contribution in [0.3, 0.4) is 0 Å². The van der Waals surface area contributed by atoms with Gasteiger partial charge >= 0.3 is 5.97 Å². The van der Waals surface area contributed by atoms with E-state index in [2.05, 4.69) is 15.9 Å². The third kappa shape index (κ3) is 3.78. The van der Waals surface area contributed by atoms with Gasteiger partial charge in [-0.25, -0.2) is 4.39 Å². The lowest BCUT2D eigenvalue weighted by Gasteiger charge is -2.21. The van der Waals surface area contributed by atoms with Gasteiger partial charge in [0.1, 0.15) is 5.82 Å². The van der Waals surface area contributed by atoms with Crippen LogP contribution in [0.25, 0.3) is 0 Å². The van der Waals surface area contributed by atoms with Crippen LogP contribution in [-0.4, -0.2) is 11.1 Å². The second-order valence-corrected chi connectivity index (χ2v) is 6.20. The van der Waals surface area contributed by atoms with Crippen molar-refractivity contribution in [2.45, 2.75) is 38.5 Å². The molecule has 0 radical (unpaired) electrons. The van der Waals surface area contributed by atoms with Gasteiger partial charge in [0.2, 0.25) is 0 Å². The number of hydrogen-bond donors (Lipinski definition) is 1. The summed E-state index contributed by atoms with van der Waals surface area (Å²) in [7, 11) is 0. The molecule has 1 aliphatic carbocycles. The van der Waals surface area contributed by atoms with Crippen LogP contribution in [0.15, 0.2) is 22.7 Å². The number of carbonyl (C=O) groups is 1. The molecule has 0 amide bonds. The van der Waals surface area contributed by atoms with Gasteiger partial charge in [-0.1, -0.05) is 35.2 Å². The molecule has 1 aromatic carbocycles. The second-order valence-electron chi connectivity index (χ2n) is 5.28. The van der Waals surface area contributed by atoms with E-state index in [1.165, 1.54) is 6.07 Å². The second kappa shape index (κ2) is 6.51. The zero-order chi connectivity index (χ0) is 13.8. The third-order valence-electron chi connectivity index (χ3n) is 3.97. The fourth-order valence-corrected chi connectivity index (χ4v) is 3.34. The molecule has 0 heterocycles. The predicted molar refractivity (Wildman–Crippen MR) is 75.5 cm³/mol. The van der Waals surface area contributed by atoms with Gasteiger partial charge in [-0.3, -0.25) is 4.79 Å². The summed E-state index contributed by atoms with van der Waals surface area (Å²) in [5.41, 5.74) is 0.618. The first kappa shape index (κ1) is 14.5. The molecule has 1 saturated carbocycles. The Morgan fingerprint density at radius 2 is 2.05 bits per heavy atom. The Kier molecular flexibility index (Phi) is 4.97. The summed E-state index contributed by atoms with van der Waals surface area (Å²) >= 11 is 3.34. The van der Waals surface area contributed by atoms with E-state index in [0.717, 1.165) is 36.6 Å². The van der Waals surface area contributed by atoms with Crippen molar-refractivity contribution in [1.82, 2.24) is 0 Å². The minimum absolute atomic E-state index is 0.0452. The molecular formula is C15H18BrFO2. The number of halogens is 2. The average molecular weight is 329 g/mol. The van der Waals surface area contributed by atoms with Gasteiger partial charge < -0.3 is 5.11 Å².